The number of hydrogen-bond donors (Lipinski definition) is 0. The van der Waals surface area contributed by atoms with Crippen LogP contribution in [0.4, 0.5) is 13.2 Å². The Morgan fingerprint density at radius 3 is 2.44 bits per heavy atom. The number of hydrogen-bond acceptors (Lipinski definition) is 2. The van der Waals surface area contributed by atoms with Crippen molar-refractivity contribution in [2.24, 2.45) is 0 Å². The minimum Gasteiger partial charge on any atom is -0.303 e. The molecule has 0 aliphatic rings. The lowest BCUT2D eigenvalue weighted by Crippen LogP contribution is -2.12. The fourth-order valence-corrected chi connectivity index (χ4v) is 2.73. The minimum absolute atomic E-state index is 0.0935. The number of benzene rings is 2. The van der Waals surface area contributed by atoms with Gasteiger partial charge in [0.25, 0.3) is 0 Å². The second-order valence-electron chi connectivity index (χ2n) is 5.44. The van der Waals surface area contributed by atoms with Crippen molar-refractivity contribution in [2.75, 3.05) is 0 Å². The number of carbonyl (C=O) groups is 1. The lowest BCUT2D eigenvalue weighted by Gasteiger charge is -2.15. The molecule has 0 unspecified atom stereocenters. The van der Waals surface area contributed by atoms with Gasteiger partial charge in [0.05, 0.1) is 22.6 Å². The molecule has 1 heterocycles. The predicted molar refractivity (Wildman–Crippen MR) is 88.2 cm³/mol. The number of aromatic nitrogens is 2. The zero-order valence-corrected chi connectivity index (χ0v) is 13.8. The zero-order valence-electron chi connectivity index (χ0n) is 13.0. The summed E-state index contributed by atoms with van der Waals surface area (Å²) in [5.41, 5.74) is 0.150. The maximum absolute atomic E-state index is 13.1. The maximum atomic E-state index is 13.1. The van der Waals surface area contributed by atoms with Crippen LogP contribution in [0.1, 0.15) is 27.2 Å². The number of carbonyl (C=O) groups excluding carboxylic acids is 1. The summed E-state index contributed by atoms with van der Waals surface area (Å²) in [6, 6.07) is 9.31. The average Bonchev–Trinajstić information content (AvgIpc) is 2.99. The SMILES string of the molecule is Cc1cncn1-c1ccc(C(F)(F)F)cc1C(=O)c1ccccc1Cl. The van der Waals surface area contributed by atoms with Gasteiger partial charge in [0.15, 0.2) is 5.78 Å². The molecular formula is C18H12ClF3N2O. The number of nitrogens with zero attached hydrogens (tertiary/aromatic N) is 2. The van der Waals surface area contributed by atoms with Crippen LogP contribution in [0.25, 0.3) is 5.69 Å². The molecule has 1 aromatic heterocycles. The van der Waals surface area contributed by atoms with Gasteiger partial charge in [-0.25, -0.2) is 4.98 Å². The third-order valence-corrected chi connectivity index (χ3v) is 4.10. The Balaban J connectivity index is 2.23. The Hall–Kier alpha value is -2.60. The first kappa shape index (κ1) is 17.2. The normalized spacial score (nSPS) is 11.6. The molecule has 0 radical (unpaired) electrons. The van der Waals surface area contributed by atoms with Crippen LogP contribution in [-0.4, -0.2) is 15.3 Å². The number of imidazole rings is 1. The summed E-state index contributed by atoms with van der Waals surface area (Å²) in [5, 5.41) is 0.179. The maximum Gasteiger partial charge on any atom is 0.416 e. The lowest BCUT2D eigenvalue weighted by molar-refractivity contribution is -0.137. The van der Waals surface area contributed by atoms with Gasteiger partial charge >= 0.3 is 6.18 Å². The summed E-state index contributed by atoms with van der Waals surface area (Å²) in [4.78, 5) is 16.9. The molecule has 128 valence electrons. The molecule has 0 spiro atoms. The van der Waals surface area contributed by atoms with Crippen molar-refractivity contribution >= 4 is 17.4 Å². The molecule has 0 saturated carbocycles. The van der Waals surface area contributed by atoms with Gasteiger partial charge < -0.3 is 4.57 Å². The van der Waals surface area contributed by atoms with E-state index in [0.717, 1.165) is 12.1 Å². The summed E-state index contributed by atoms with van der Waals surface area (Å²) in [5.74, 6) is -0.584. The first-order valence-corrected chi connectivity index (χ1v) is 7.66. The fraction of sp³-hybridized carbons (Fsp3) is 0.111. The molecular weight excluding hydrogens is 353 g/mol. The number of alkyl halides is 3. The lowest BCUT2D eigenvalue weighted by atomic mass is 9.99. The Bertz CT molecular complexity index is 947. The van der Waals surface area contributed by atoms with Gasteiger partial charge in [-0.15, -0.1) is 0 Å². The second-order valence-corrected chi connectivity index (χ2v) is 5.85. The van der Waals surface area contributed by atoms with Crippen LogP contribution in [0.2, 0.25) is 5.02 Å². The first-order chi connectivity index (χ1) is 11.8. The highest BCUT2D eigenvalue weighted by atomic mass is 35.5. The van der Waals surface area contributed by atoms with Crippen LogP contribution < -0.4 is 0 Å². The van der Waals surface area contributed by atoms with Gasteiger partial charge in [0.1, 0.15) is 0 Å². The quantitative estimate of drug-likeness (QED) is 0.607. The smallest absolute Gasteiger partial charge is 0.303 e. The molecule has 3 nitrogen and oxygen atoms in total. The molecule has 2 aromatic carbocycles. The van der Waals surface area contributed by atoms with E-state index in [1.807, 2.05) is 0 Å². The van der Waals surface area contributed by atoms with Crippen molar-refractivity contribution in [3.05, 3.63) is 82.4 Å². The highest BCUT2D eigenvalue weighted by Crippen LogP contribution is 2.33. The molecule has 0 fully saturated rings. The van der Waals surface area contributed by atoms with Crippen molar-refractivity contribution in [1.82, 2.24) is 9.55 Å². The van der Waals surface area contributed by atoms with Crippen molar-refractivity contribution < 1.29 is 18.0 Å². The van der Waals surface area contributed by atoms with Crippen LogP contribution in [0.15, 0.2) is 55.0 Å². The van der Waals surface area contributed by atoms with E-state index in [9.17, 15) is 18.0 Å². The number of halogens is 4. The van der Waals surface area contributed by atoms with Crippen LogP contribution >= 0.6 is 11.6 Å². The van der Waals surface area contributed by atoms with E-state index in [1.165, 1.54) is 24.5 Å². The van der Waals surface area contributed by atoms with E-state index in [-0.39, 0.29) is 16.1 Å². The highest BCUT2D eigenvalue weighted by Gasteiger charge is 2.32. The van der Waals surface area contributed by atoms with Crippen LogP contribution in [-0.2, 0) is 6.18 Å². The zero-order chi connectivity index (χ0) is 18.2. The predicted octanol–water partition coefficient (Wildman–Crippen LogP) is 5.08. The van der Waals surface area contributed by atoms with E-state index in [0.29, 0.717) is 11.4 Å². The molecule has 25 heavy (non-hydrogen) atoms. The monoisotopic (exact) mass is 364 g/mol. The first-order valence-electron chi connectivity index (χ1n) is 7.29. The Labute approximate surface area is 146 Å². The summed E-state index contributed by atoms with van der Waals surface area (Å²) in [7, 11) is 0. The van der Waals surface area contributed by atoms with Gasteiger partial charge in [-0.05, 0) is 37.3 Å². The summed E-state index contributed by atoms with van der Waals surface area (Å²) in [6.07, 6.45) is -1.55. The number of rotatable bonds is 3. The minimum atomic E-state index is -4.56. The molecule has 0 aliphatic carbocycles. The van der Waals surface area contributed by atoms with Gasteiger partial charge in [0.2, 0.25) is 0 Å². The van der Waals surface area contributed by atoms with Crippen LogP contribution in [0.3, 0.4) is 0 Å². The molecule has 3 rings (SSSR count). The number of aryl methyl sites for hydroxylation is 1. The highest BCUT2D eigenvalue weighted by molar-refractivity contribution is 6.35. The van der Waals surface area contributed by atoms with Crippen LogP contribution in [0.5, 0.6) is 0 Å². The standard InChI is InChI=1S/C18H12ClF3N2O/c1-11-9-23-10-24(11)16-7-6-12(18(20,21)22)8-14(16)17(25)13-4-2-3-5-15(13)19/h2-10H,1H3. The summed E-state index contributed by atoms with van der Waals surface area (Å²) < 4.78 is 40.9. The van der Waals surface area contributed by atoms with Crippen molar-refractivity contribution in [3.8, 4) is 5.69 Å². The third kappa shape index (κ3) is 3.30. The van der Waals surface area contributed by atoms with Gasteiger partial charge in [0, 0.05) is 23.0 Å². The molecule has 0 amide bonds. The molecule has 3 aromatic rings. The largest absolute Gasteiger partial charge is 0.416 e. The van der Waals surface area contributed by atoms with E-state index < -0.39 is 17.5 Å². The molecule has 0 saturated heterocycles. The Morgan fingerprint density at radius 1 is 1.12 bits per heavy atom. The molecule has 0 N–H and O–H groups in total. The van der Waals surface area contributed by atoms with Crippen molar-refractivity contribution in [3.63, 3.8) is 0 Å². The Morgan fingerprint density at radius 2 is 1.84 bits per heavy atom. The molecule has 7 heteroatoms. The van der Waals surface area contributed by atoms with E-state index >= 15 is 0 Å². The Kier molecular flexibility index (Phi) is 4.39. The molecule has 0 atom stereocenters. The number of ketones is 1. The van der Waals surface area contributed by atoms with Crippen molar-refractivity contribution in [2.45, 2.75) is 13.1 Å². The van der Waals surface area contributed by atoms with E-state index in [1.54, 1.807) is 29.8 Å². The molecule has 0 bridgehead atoms. The molecule has 0 aliphatic heterocycles. The van der Waals surface area contributed by atoms with Crippen LogP contribution in [0, 0.1) is 6.92 Å². The second kappa shape index (κ2) is 6.37. The topological polar surface area (TPSA) is 34.9 Å². The van der Waals surface area contributed by atoms with E-state index in [2.05, 4.69) is 4.98 Å². The third-order valence-electron chi connectivity index (χ3n) is 3.77. The summed E-state index contributed by atoms with van der Waals surface area (Å²) >= 11 is 6.05. The van der Waals surface area contributed by atoms with Gasteiger partial charge in [-0.2, -0.15) is 13.2 Å². The van der Waals surface area contributed by atoms with Gasteiger partial charge in [-0.1, -0.05) is 23.7 Å². The van der Waals surface area contributed by atoms with Crippen molar-refractivity contribution in [1.29, 1.82) is 0 Å². The fourth-order valence-electron chi connectivity index (χ4n) is 2.51. The van der Waals surface area contributed by atoms with E-state index in [4.69, 9.17) is 11.6 Å². The average molecular weight is 365 g/mol. The van der Waals surface area contributed by atoms with Gasteiger partial charge in [-0.3, -0.25) is 4.79 Å². The summed E-state index contributed by atoms with van der Waals surface area (Å²) in [6.45, 7) is 1.74.